The van der Waals surface area contributed by atoms with Gasteiger partial charge < -0.3 is 0 Å². The van der Waals surface area contributed by atoms with Crippen LogP contribution in [0.15, 0.2) is 5.51 Å². The molecule has 1 heterocycles. The van der Waals surface area contributed by atoms with Crippen LogP contribution in [0, 0.1) is 0 Å². The fourth-order valence-electron chi connectivity index (χ4n) is 0.349. The van der Waals surface area contributed by atoms with Crippen LogP contribution in [0.1, 0.15) is 0 Å². The molecule has 0 aliphatic rings. The van der Waals surface area contributed by atoms with Crippen LogP contribution in [-0.2, 0) is 0 Å². The molecular weight excluding hydrogens is 167 g/mol. The van der Waals surface area contributed by atoms with Crippen molar-refractivity contribution >= 4 is 16.5 Å². The smallest absolute Gasteiger partial charge is 0.272 e. The molecule has 1 N–H and O–H groups in total. The molecule has 0 radical (unpaired) electrons. The molecule has 56 valence electrons. The lowest BCUT2D eigenvalue weighted by Gasteiger charge is -2.03. The monoisotopic (exact) mass is 169 g/mol. The van der Waals surface area contributed by atoms with E-state index in [4.69, 9.17) is 0 Å². The number of nitrogens with one attached hydrogen (secondary N) is 1. The van der Waals surface area contributed by atoms with Gasteiger partial charge in [0.15, 0.2) is 0 Å². The van der Waals surface area contributed by atoms with Crippen molar-refractivity contribution in [2.45, 2.75) is 6.30 Å². The third-order valence-electron chi connectivity index (χ3n) is 0.609. The SMILES string of the molecule is FC(F)(F)Nc1nncs1. The van der Waals surface area contributed by atoms with Gasteiger partial charge in [-0.05, 0) is 0 Å². The summed E-state index contributed by atoms with van der Waals surface area (Å²) in [7, 11) is 0. The van der Waals surface area contributed by atoms with Gasteiger partial charge in [0.25, 0.3) is 0 Å². The Morgan fingerprint density at radius 1 is 1.50 bits per heavy atom. The van der Waals surface area contributed by atoms with E-state index in [1.54, 1.807) is 0 Å². The lowest BCUT2D eigenvalue weighted by molar-refractivity contribution is -0.0999. The predicted molar refractivity (Wildman–Crippen MR) is 29.6 cm³/mol. The van der Waals surface area contributed by atoms with Gasteiger partial charge in [0.1, 0.15) is 5.51 Å². The van der Waals surface area contributed by atoms with Crippen LogP contribution in [0.4, 0.5) is 18.3 Å². The summed E-state index contributed by atoms with van der Waals surface area (Å²) < 4.78 is 34.3. The first-order chi connectivity index (χ1) is 4.58. The molecule has 0 aliphatic carbocycles. The number of halogens is 3. The highest BCUT2D eigenvalue weighted by Gasteiger charge is 2.28. The highest BCUT2D eigenvalue weighted by atomic mass is 32.1. The largest absolute Gasteiger partial charge is 0.484 e. The average molecular weight is 169 g/mol. The van der Waals surface area contributed by atoms with Crippen molar-refractivity contribution in [1.29, 1.82) is 0 Å². The van der Waals surface area contributed by atoms with Crippen LogP contribution in [0.5, 0.6) is 0 Å². The number of aromatic nitrogens is 2. The molecule has 1 aromatic rings. The van der Waals surface area contributed by atoms with Gasteiger partial charge in [-0.25, -0.2) is 0 Å². The van der Waals surface area contributed by atoms with Crippen molar-refractivity contribution in [3.63, 3.8) is 0 Å². The van der Waals surface area contributed by atoms with E-state index in [9.17, 15) is 13.2 Å². The molecule has 3 nitrogen and oxygen atoms in total. The van der Waals surface area contributed by atoms with Crippen molar-refractivity contribution in [3.8, 4) is 0 Å². The molecule has 0 aliphatic heterocycles. The molecule has 0 amide bonds. The lowest BCUT2D eigenvalue weighted by Crippen LogP contribution is -2.20. The van der Waals surface area contributed by atoms with E-state index in [-0.39, 0.29) is 5.13 Å². The van der Waals surface area contributed by atoms with Crippen LogP contribution < -0.4 is 5.32 Å². The zero-order chi connectivity index (χ0) is 7.61. The highest BCUT2D eigenvalue weighted by Crippen LogP contribution is 2.19. The van der Waals surface area contributed by atoms with Crippen LogP contribution in [0.2, 0.25) is 0 Å². The number of hydrogen-bond donors (Lipinski definition) is 1. The Labute approximate surface area is 57.9 Å². The molecule has 1 aromatic heterocycles. The Hall–Kier alpha value is -0.850. The summed E-state index contributed by atoms with van der Waals surface area (Å²) in [6.07, 6.45) is -4.42. The molecule has 0 unspecified atom stereocenters. The number of rotatable bonds is 1. The van der Waals surface area contributed by atoms with Crippen molar-refractivity contribution in [1.82, 2.24) is 10.2 Å². The minimum Gasteiger partial charge on any atom is -0.272 e. The first kappa shape index (κ1) is 7.26. The highest BCUT2D eigenvalue weighted by molar-refractivity contribution is 7.13. The van der Waals surface area contributed by atoms with Gasteiger partial charge in [-0.1, -0.05) is 11.3 Å². The van der Waals surface area contributed by atoms with Crippen LogP contribution in [0.25, 0.3) is 0 Å². The number of anilines is 1. The Morgan fingerprint density at radius 2 is 2.20 bits per heavy atom. The van der Waals surface area contributed by atoms with Crippen molar-refractivity contribution in [3.05, 3.63) is 5.51 Å². The second-order valence-corrected chi connectivity index (χ2v) is 2.20. The molecule has 7 heteroatoms. The van der Waals surface area contributed by atoms with Gasteiger partial charge >= 0.3 is 6.30 Å². The van der Waals surface area contributed by atoms with Gasteiger partial charge in [-0.15, -0.1) is 10.2 Å². The Bertz CT molecular complexity index is 193. The third-order valence-corrected chi connectivity index (χ3v) is 1.22. The molecule has 10 heavy (non-hydrogen) atoms. The normalized spacial score (nSPS) is 11.5. The van der Waals surface area contributed by atoms with Crippen LogP contribution in [0.3, 0.4) is 0 Å². The summed E-state index contributed by atoms with van der Waals surface area (Å²) in [5.41, 5.74) is 1.22. The minimum atomic E-state index is -4.42. The summed E-state index contributed by atoms with van der Waals surface area (Å²) in [4.78, 5) is 0. The zero-order valence-electron chi connectivity index (χ0n) is 4.51. The third kappa shape index (κ3) is 2.18. The first-order valence-corrected chi connectivity index (χ1v) is 3.07. The van der Waals surface area contributed by atoms with E-state index >= 15 is 0 Å². The summed E-state index contributed by atoms with van der Waals surface area (Å²) in [6, 6.07) is 0. The fourth-order valence-corrected chi connectivity index (χ4v) is 0.812. The van der Waals surface area contributed by atoms with Crippen LogP contribution in [-0.4, -0.2) is 16.5 Å². The maximum atomic E-state index is 11.4. The summed E-state index contributed by atoms with van der Waals surface area (Å²) in [6.45, 7) is 0. The summed E-state index contributed by atoms with van der Waals surface area (Å²) >= 11 is 0.796. The quantitative estimate of drug-likeness (QED) is 0.647. The van der Waals surface area contributed by atoms with Crippen LogP contribution >= 0.6 is 11.3 Å². The topological polar surface area (TPSA) is 37.8 Å². The molecule has 1 rings (SSSR count). The van der Waals surface area contributed by atoms with Gasteiger partial charge in [0.05, 0.1) is 0 Å². The van der Waals surface area contributed by atoms with E-state index in [1.165, 1.54) is 10.8 Å². The second-order valence-electron chi connectivity index (χ2n) is 1.37. The molecule has 0 spiro atoms. The van der Waals surface area contributed by atoms with Gasteiger partial charge in [0.2, 0.25) is 5.13 Å². The zero-order valence-corrected chi connectivity index (χ0v) is 5.33. The maximum absolute atomic E-state index is 11.4. The molecule has 0 atom stereocenters. The number of hydrogen-bond acceptors (Lipinski definition) is 4. The van der Waals surface area contributed by atoms with Gasteiger partial charge in [-0.3, -0.25) is 5.32 Å². The molecule has 0 fully saturated rings. The number of alkyl halides is 3. The van der Waals surface area contributed by atoms with E-state index in [1.807, 2.05) is 0 Å². The lowest BCUT2D eigenvalue weighted by atomic mass is 11.0. The predicted octanol–water partition coefficient (Wildman–Crippen LogP) is 1.47. The minimum absolute atomic E-state index is 0.243. The number of nitrogens with zero attached hydrogens (tertiary/aromatic N) is 2. The summed E-state index contributed by atoms with van der Waals surface area (Å²) in [5, 5.41) is 7.31. The molecule has 0 bridgehead atoms. The molecule has 0 saturated carbocycles. The Kier molecular flexibility index (Phi) is 1.75. The molecular formula is C3H2F3N3S. The average Bonchev–Trinajstić information content (AvgIpc) is 2.12. The Morgan fingerprint density at radius 3 is 2.60 bits per heavy atom. The maximum Gasteiger partial charge on any atom is 0.484 e. The fraction of sp³-hybridized carbons (Fsp3) is 0.333. The summed E-state index contributed by atoms with van der Waals surface area (Å²) in [5.74, 6) is 0. The van der Waals surface area contributed by atoms with Crippen molar-refractivity contribution in [2.75, 3.05) is 5.32 Å². The first-order valence-electron chi connectivity index (χ1n) is 2.19. The van der Waals surface area contributed by atoms with Crippen molar-refractivity contribution in [2.24, 2.45) is 0 Å². The molecule has 0 saturated heterocycles. The van der Waals surface area contributed by atoms with E-state index < -0.39 is 6.30 Å². The Balaban J connectivity index is 2.57. The van der Waals surface area contributed by atoms with Gasteiger partial charge in [0, 0.05) is 0 Å². The standard InChI is InChI=1S/C3H2F3N3S/c4-3(5,6)8-2-9-7-1-10-2/h1H,(H,8,9). The van der Waals surface area contributed by atoms with E-state index in [2.05, 4.69) is 10.2 Å². The second kappa shape index (κ2) is 2.41. The molecule has 0 aromatic carbocycles. The van der Waals surface area contributed by atoms with E-state index in [0.29, 0.717) is 0 Å². The van der Waals surface area contributed by atoms with E-state index in [0.717, 1.165) is 11.3 Å². The van der Waals surface area contributed by atoms with Crippen molar-refractivity contribution < 1.29 is 13.2 Å². The van der Waals surface area contributed by atoms with Gasteiger partial charge in [-0.2, -0.15) is 13.2 Å².